The average Bonchev–Trinajstić information content (AvgIpc) is 3.45. The van der Waals surface area contributed by atoms with E-state index in [1.807, 2.05) is 19.1 Å². The fraction of sp³-hybridized carbons (Fsp3) is 0.483. The summed E-state index contributed by atoms with van der Waals surface area (Å²) in [6, 6.07) is 6.47. The van der Waals surface area contributed by atoms with Crippen molar-refractivity contribution >= 4 is 35.0 Å². The Morgan fingerprint density at radius 2 is 2.05 bits per heavy atom. The van der Waals surface area contributed by atoms with Gasteiger partial charge >= 0.3 is 0 Å². The Morgan fingerprint density at radius 3 is 2.83 bits per heavy atom. The van der Waals surface area contributed by atoms with Gasteiger partial charge in [0, 0.05) is 66.4 Å². The standard InChI is InChI=1S/C29H37ClFN7O2S/c1-29(34-27(40)19-3-5-22(15-19)38-11-9-37(2)10-12-38)18-21(7-8-32-29)33-26-17-25(35-36-28(26)41-14-13-39)23-16-20(30)4-6-24(23)31/h4,6-8,16-19,22,32,39H,3,5,9-15H2,1-2H3,(H,33,35)(H,34,40). The van der Waals surface area contributed by atoms with Crippen molar-refractivity contribution in [2.24, 2.45) is 5.92 Å². The highest BCUT2D eigenvalue weighted by atomic mass is 35.5. The van der Waals surface area contributed by atoms with Crippen LogP contribution in [-0.4, -0.2) is 88.3 Å². The van der Waals surface area contributed by atoms with E-state index >= 15 is 0 Å². The number of allylic oxidation sites excluding steroid dienone is 1. The lowest BCUT2D eigenvalue weighted by Crippen LogP contribution is -2.56. The molecule has 1 amide bonds. The predicted molar refractivity (Wildman–Crippen MR) is 161 cm³/mol. The number of amides is 1. The lowest BCUT2D eigenvalue weighted by Gasteiger charge is -2.36. The summed E-state index contributed by atoms with van der Waals surface area (Å²) in [6.45, 7) is 6.17. The van der Waals surface area contributed by atoms with Crippen molar-refractivity contribution in [2.45, 2.75) is 42.9 Å². The van der Waals surface area contributed by atoms with Crippen LogP contribution in [0.1, 0.15) is 26.2 Å². The molecule has 3 atom stereocenters. The summed E-state index contributed by atoms with van der Waals surface area (Å²) in [5.74, 6) is -0.000839. The summed E-state index contributed by atoms with van der Waals surface area (Å²) in [4.78, 5) is 18.2. The first-order valence-corrected chi connectivity index (χ1v) is 15.3. The summed E-state index contributed by atoms with van der Waals surface area (Å²) >= 11 is 7.45. The predicted octanol–water partition coefficient (Wildman–Crippen LogP) is 3.68. The molecule has 1 aromatic carbocycles. The number of benzene rings is 1. The third-order valence-corrected chi connectivity index (χ3v) is 9.07. The number of aliphatic hydroxyl groups is 1. The number of nitrogens with one attached hydrogen (secondary N) is 3. The molecule has 0 bridgehead atoms. The number of hydrogen-bond donors (Lipinski definition) is 4. The summed E-state index contributed by atoms with van der Waals surface area (Å²) in [5.41, 5.74) is 1.09. The van der Waals surface area contributed by atoms with Crippen LogP contribution in [-0.2, 0) is 4.79 Å². The van der Waals surface area contributed by atoms with Gasteiger partial charge in [-0.05, 0) is 69.7 Å². The quantitative estimate of drug-likeness (QED) is 0.320. The Balaban J connectivity index is 1.29. The number of halogens is 2. The normalized spacial score (nSPS) is 25.0. The second-order valence-corrected chi connectivity index (χ2v) is 12.6. The maximum atomic E-state index is 14.6. The molecule has 220 valence electrons. The van der Waals surface area contributed by atoms with Gasteiger partial charge in [-0.3, -0.25) is 9.69 Å². The number of anilines is 1. The second kappa shape index (κ2) is 13.1. The molecule has 0 spiro atoms. The van der Waals surface area contributed by atoms with Crippen molar-refractivity contribution in [1.82, 2.24) is 30.6 Å². The monoisotopic (exact) mass is 601 g/mol. The first-order valence-electron chi connectivity index (χ1n) is 14.0. The molecule has 1 saturated carbocycles. The van der Waals surface area contributed by atoms with E-state index in [4.69, 9.17) is 11.6 Å². The van der Waals surface area contributed by atoms with Crippen molar-refractivity contribution in [3.05, 3.63) is 59.2 Å². The molecule has 3 heterocycles. The largest absolute Gasteiger partial charge is 0.396 e. The smallest absolute Gasteiger partial charge is 0.225 e. The Kier molecular flexibility index (Phi) is 9.50. The number of aliphatic hydroxyl groups excluding tert-OH is 1. The molecule has 1 aromatic heterocycles. The highest BCUT2D eigenvalue weighted by molar-refractivity contribution is 7.99. The third-order valence-electron chi connectivity index (χ3n) is 7.88. The average molecular weight is 602 g/mol. The maximum absolute atomic E-state index is 14.6. The van der Waals surface area contributed by atoms with Gasteiger partial charge in [0.15, 0.2) is 0 Å². The molecule has 12 heteroatoms. The van der Waals surface area contributed by atoms with Crippen LogP contribution < -0.4 is 16.0 Å². The van der Waals surface area contributed by atoms with Crippen LogP contribution in [0.2, 0.25) is 5.02 Å². The molecule has 9 nitrogen and oxygen atoms in total. The van der Waals surface area contributed by atoms with Crippen LogP contribution in [0.4, 0.5) is 10.1 Å². The number of rotatable bonds is 9. The zero-order valence-corrected chi connectivity index (χ0v) is 24.9. The van der Waals surface area contributed by atoms with Crippen molar-refractivity contribution in [3.63, 3.8) is 0 Å². The number of aromatic nitrogens is 2. The van der Waals surface area contributed by atoms with E-state index < -0.39 is 11.5 Å². The lowest BCUT2D eigenvalue weighted by molar-refractivity contribution is -0.126. The van der Waals surface area contributed by atoms with Gasteiger partial charge in [-0.25, -0.2) is 4.39 Å². The van der Waals surface area contributed by atoms with E-state index in [0.717, 1.165) is 51.1 Å². The number of carbonyl (C=O) groups excluding carboxylic acids is 1. The van der Waals surface area contributed by atoms with Crippen LogP contribution in [0.25, 0.3) is 11.3 Å². The summed E-state index contributed by atoms with van der Waals surface area (Å²) in [7, 11) is 2.16. The number of piperazine rings is 1. The highest BCUT2D eigenvalue weighted by Gasteiger charge is 2.36. The van der Waals surface area contributed by atoms with Crippen molar-refractivity contribution in [3.8, 4) is 11.3 Å². The van der Waals surface area contributed by atoms with Gasteiger partial charge < -0.3 is 26.0 Å². The Hall–Kier alpha value is -2.70. The van der Waals surface area contributed by atoms with Gasteiger partial charge in [0.05, 0.1) is 18.0 Å². The summed E-state index contributed by atoms with van der Waals surface area (Å²) in [5, 5.41) is 28.7. The molecular formula is C29H37ClFN7O2S. The van der Waals surface area contributed by atoms with Crippen molar-refractivity contribution < 1.29 is 14.3 Å². The first kappa shape index (κ1) is 29.8. The van der Waals surface area contributed by atoms with Crippen LogP contribution >= 0.6 is 23.4 Å². The van der Waals surface area contributed by atoms with Crippen molar-refractivity contribution in [2.75, 3.05) is 50.9 Å². The van der Waals surface area contributed by atoms with E-state index in [2.05, 4.69) is 43.0 Å². The maximum Gasteiger partial charge on any atom is 0.225 e. The van der Waals surface area contributed by atoms with Gasteiger partial charge in [0.1, 0.15) is 16.5 Å². The van der Waals surface area contributed by atoms with Gasteiger partial charge in [-0.2, -0.15) is 0 Å². The molecule has 2 aliphatic heterocycles. The number of likely N-dealkylation sites (N-methyl/N-ethyl adjacent to an activating group) is 1. The molecule has 1 aliphatic carbocycles. The Labute approximate surface area is 249 Å². The molecule has 0 radical (unpaired) electrons. The number of thioether (sulfide) groups is 1. The van der Waals surface area contributed by atoms with Gasteiger partial charge in [0.2, 0.25) is 5.91 Å². The minimum Gasteiger partial charge on any atom is -0.396 e. The van der Waals surface area contributed by atoms with E-state index in [1.54, 1.807) is 12.3 Å². The molecule has 41 heavy (non-hydrogen) atoms. The molecule has 1 saturated heterocycles. The zero-order chi connectivity index (χ0) is 29.0. The zero-order valence-electron chi connectivity index (χ0n) is 23.4. The van der Waals surface area contributed by atoms with Crippen LogP contribution in [0.15, 0.2) is 53.3 Å². The second-order valence-electron chi connectivity index (χ2n) is 11.0. The summed E-state index contributed by atoms with van der Waals surface area (Å²) < 4.78 is 14.6. The Morgan fingerprint density at radius 1 is 1.24 bits per heavy atom. The third kappa shape index (κ3) is 7.39. The molecule has 4 N–H and O–H groups in total. The molecule has 2 aromatic rings. The highest BCUT2D eigenvalue weighted by Crippen LogP contribution is 2.33. The molecule has 2 fully saturated rings. The minimum atomic E-state index is -0.805. The lowest BCUT2D eigenvalue weighted by atomic mass is 10.0. The van der Waals surface area contributed by atoms with Gasteiger partial charge in [0.25, 0.3) is 0 Å². The molecule has 5 rings (SSSR count). The van der Waals surface area contributed by atoms with E-state index in [-0.39, 0.29) is 24.0 Å². The van der Waals surface area contributed by atoms with Crippen LogP contribution in [0, 0.1) is 11.7 Å². The van der Waals surface area contributed by atoms with Crippen LogP contribution in [0.5, 0.6) is 0 Å². The number of carbonyl (C=O) groups is 1. The minimum absolute atomic E-state index is 0.0185. The number of hydrogen-bond acceptors (Lipinski definition) is 9. The topological polar surface area (TPSA) is 106 Å². The van der Waals surface area contributed by atoms with Crippen LogP contribution in [0.3, 0.4) is 0 Å². The SMILES string of the molecule is CN1CCN(C2CCC(C(=O)NC3(C)C=C(Nc4cc(-c5cc(Cl)ccc5F)nnc4SCCO)C=CN3)C2)CC1. The van der Waals surface area contributed by atoms with E-state index in [0.29, 0.717) is 33.2 Å². The molecule has 3 aliphatic rings. The molecular weight excluding hydrogens is 565 g/mol. The number of dihydropyridines is 1. The number of nitrogens with zero attached hydrogens (tertiary/aromatic N) is 4. The first-order chi connectivity index (χ1) is 19.7. The fourth-order valence-corrected chi connectivity index (χ4v) is 6.45. The van der Waals surface area contributed by atoms with Gasteiger partial charge in [-0.15, -0.1) is 22.0 Å². The van der Waals surface area contributed by atoms with E-state index in [9.17, 15) is 14.3 Å². The Bertz CT molecular complexity index is 1320. The van der Waals surface area contributed by atoms with Crippen molar-refractivity contribution in [1.29, 1.82) is 0 Å². The molecule has 3 unspecified atom stereocenters. The van der Waals surface area contributed by atoms with Gasteiger partial charge in [-0.1, -0.05) is 11.6 Å². The van der Waals surface area contributed by atoms with E-state index in [1.165, 1.54) is 30.0 Å². The summed E-state index contributed by atoms with van der Waals surface area (Å²) in [6.07, 6.45) is 8.38. The fourth-order valence-electron chi connectivity index (χ4n) is 5.63.